The molecule has 0 heterocycles. The molecular weight excluding hydrogens is 347 g/mol. The monoisotopic (exact) mass is 366 g/mol. The van der Waals surface area contributed by atoms with Crippen molar-refractivity contribution in [3.63, 3.8) is 0 Å². The maximum atomic E-state index is 12.3. The molecule has 2 atom stereocenters. The maximum absolute atomic E-state index is 12.3. The third-order valence-electron chi connectivity index (χ3n) is 3.68. The molecule has 0 saturated carbocycles. The third-order valence-corrected chi connectivity index (χ3v) is 4.24. The SMILES string of the molecule is COc1ccc(NC(=O)C(C)NC(C)c2ccc(Cl)cc2Cl)cc1. The fraction of sp³-hybridized carbons (Fsp3) is 0.278. The number of hydrogen-bond acceptors (Lipinski definition) is 3. The number of methoxy groups -OCH3 is 1. The first-order valence-corrected chi connectivity index (χ1v) is 8.32. The van der Waals surface area contributed by atoms with E-state index in [1.807, 2.05) is 13.0 Å². The summed E-state index contributed by atoms with van der Waals surface area (Å²) in [6.07, 6.45) is 0. The quantitative estimate of drug-likeness (QED) is 0.780. The fourth-order valence-electron chi connectivity index (χ4n) is 2.32. The van der Waals surface area contributed by atoms with Crippen molar-refractivity contribution in [1.29, 1.82) is 0 Å². The molecule has 0 spiro atoms. The summed E-state index contributed by atoms with van der Waals surface area (Å²) in [5.74, 6) is 0.613. The van der Waals surface area contributed by atoms with E-state index in [0.29, 0.717) is 15.7 Å². The molecule has 2 unspecified atom stereocenters. The van der Waals surface area contributed by atoms with Gasteiger partial charge in [0, 0.05) is 21.8 Å². The molecule has 0 saturated heterocycles. The Labute approximate surface area is 152 Å². The number of nitrogens with one attached hydrogen (secondary N) is 2. The van der Waals surface area contributed by atoms with Crippen molar-refractivity contribution < 1.29 is 9.53 Å². The third kappa shape index (κ3) is 4.87. The number of carbonyl (C=O) groups excluding carboxylic acids is 1. The highest BCUT2D eigenvalue weighted by atomic mass is 35.5. The number of anilines is 1. The van der Waals surface area contributed by atoms with Crippen molar-refractivity contribution >= 4 is 34.8 Å². The van der Waals surface area contributed by atoms with E-state index >= 15 is 0 Å². The van der Waals surface area contributed by atoms with Crippen molar-refractivity contribution in [3.8, 4) is 5.75 Å². The lowest BCUT2D eigenvalue weighted by molar-refractivity contribution is -0.117. The van der Waals surface area contributed by atoms with Crippen LogP contribution in [-0.2, 0) is 4.79 Å². The molecule has 0 bridgehead atoms. The first kappa shape index (κ1) is 18.6. The predicted octanol–water partition coefficient (Wildman–Crippen LogP) is 4.68. The van der Waals surface area contributed by atoms with Gasteiger partial charge in [-0.2, -0.15) is 0 Å². The van der Waals surface area contributed by atoms with Crippen LogP contribution < -0.4 is 15.4 Å². The van der Waals surface area contributed by atoms with E-state index in [-0.39, 0.29) is 11.9 Å². The zero-order chi connectivity index (χ0) is 17.7. The van der Waals surface area contributed by atoms with Crippen LogP contribution in [0, 0.1) is 0 Å². The van der Waals surface area contributed by atoms with Gasteiger partial charge in [0.15, 0.2) is 0 Å². The maximum Gasteiger partial charge on any atom is 0.241 e. The van der Waals surface area contributed by atoms with E-state index in [2.05, 4.69) is 10.6 Å². The number of carbonyl (C=O) groups is 1. The lowest BCUT2D eigenvalue weighted by Gasteiger charge is -2.21. The number of benzene rings is 2. The van der Waals surface area contributed by atoms with Crippen LogP contribution in [0.15, 0.2) is 42.5 Å². The zero-order valence-electron chi connectivity index (χ0n) is 13.8. The highest BCUT2D eigenvalue weighted by Gasteiger charge is 2.18. The van der Waals surface area contributed by atoms with E-state index in [9.17, 15) is 4.79 Å². The minimum atomic E-state index is -0.395. The summed E-state index contributed by atoms with van der Waals surface area (Å²) in [6, 6.07) is 12.0. The van der Waals surface area contributed by atoms with Crippen LogP contribution in [0.3, 0.4) is 0 Å². The van der Waals surface area contributed by atoms with E-state index < -0.39 is 6.04 Å². The second-order valence-electron chi connectivity index (χ2n) is 5.49. The average molecular weight is 367 g/mol. The van der Waals surface area contributed by atoms with Crippen molar-refractivity contribution in [2.75, 3.05) is 12.4 Å². The first-order chi connectivity index (χ1) is 11.4. The van der Waals surface area contributed by atoms with Crippen LogP contribution in [0.4, 0.5) is 5.69 Å². The molecule has 4 nitrogen and oxygen atoms in total. The zero-order valence-corrected chi connectivity index (χ0v) is 15.3. The normalized spacial score (nSPS) is 13.2. The lowest BCUT2D eigenvalue weighted by Crippen LogP contribution is -2.39. The number of halogens is 2. The summed E-state index contributed by atoms with van der Waals surface area (Å²) in [5, 5.41) is 7.26. The van der Waals surface area contributed by atoms with Crippen LogP contribution in [0.25, 0.3) is 0 Å². The molecule has 0 aliphatic rings. The van der Waals surface area contributed by atoms with E-state index in [0.717, 1.165) is 11.3 Å². The molecule has 1 amide bonds. The summed E-state index contributed by atoms with van der Waals surface area (Å²) in [5.41, 5.74) is 1.61. The summed E-state index contributed by atoms with van der Waals surface area (Å²) in [6.45, 7) is 3.76. The average Bonchev–Trinajstić information content (AvgIpc) is 2.55. The van der Waals surface area contributed by atoms with Crippen molar-refractivity contribution in [3.05, 3.63) is 58.1 Å². The van der Waals surface area contributed by atoms with E-state index in [4.69, 9.17) is 27.9 Å². The lowest BCUT2D eigenvalue weighted by atomic mass is 10.1. The molecule has 2 aromatic carbocycles. The van der Waals surface area contributed by atoms with Gasteiger partial charge in [-0.05, 0) is 55.8 Å². The molecule has 0 aliphatic carbocycles. The van der Waals surface area contributed by atoms with Crippen molar-refractivity contribution in [2.45, 2.75) is 25.9 Å². The van der Waals surface area contributed by atoms with Crippen molar-refractivity contribution in [2.24, 2.45) is 0 Å². The standard InChI is InChI=1S/C18H20Cl2N2O2/c1-11(16-9-4-13(19)10-17(16)20)21-12(2)18(23)22-14-5-7-15(24-3)8-6-14/h4-12,21H,1-3H3,(H,22,23). The largest absolute Gasteiger partial charge is 0.497 e. The molecule has 0 radical (unpaired) electrons. The molecule has 6 heteroatoms. The summed E-state index contributed by atoms with van der Waals surface area (Å²) in [7, 11) is 1.60. The Morgan fingerprint density at radius 2 is 1.75 bits per heavy atom. The Morgan fingerprint density at radius 3 is 2.33 bits per heavy atom. The van der Waals surface area contributed by atoms with Crippen molar-refractivity contribution in [1.82, 2.24) is 5.32 Å². The summed E-state index contributed by atoms with van der Waals surface area (Å²) < 4.78 is 5.10. The molecule has 128 valence electrons. The fourth-order valence-corrected chi connectivity index (χ4v) is 2.89. The molecule has 0 aliphatic heterocycles. The van der Waals surface area contributed by atoms with E-state index in [1.165, 1.54) is 0 Å². The van der Waals surface area contributed by atoms with Gasteiger partial charge in [-0.25, -0.2) is 0 Å². The number of amides is 1. The highest BCUT2D eigenvalue weighted by molar-refractivity contribution is 6.35. The smallest absolute Gasteiger partial charge is 0.241 e. The molecule has 2 rings (SSSR count). The van der Waals surface area contributed by atoms with Crippen LogP contribution in [0.1, 0.15) is 25.5 Å². The minimum absolute atomic E-state index is 0.0913. The Hall–Kier alpha value is -1.75. The minimum Gasteiger partial charge on any atom is -0.497 e. The van der Waals surface area contributed by atoms with Gasteiger partial charge in [-0.15, -0.1) is 0 Å². The van der Waals surface area contributed by atoms with Gasteiger partial charge in [0.2, 0.25) is 5.91 Å². The van der Waals surface area contributed by atoms with Crippen LogP contribution in [-0.4, -0.2) is 19.1 Å². The summed E-state index contributed by atoms with van der Waals surface area (Å²) in [4.78, 5) is 12.3. The molecule has 0 aromatic heterocycles. The van der Waals surface area contributed by atoms with Crippen LogP contribution in [0.2, 0.25) is 10.0 Å². The van der Waals surface area contributed by atoms with E-state index in [1.54, 1.807) is 50.4 Å². The number of hydrogen-bond donors (Lipinski definition) is 2. The first-order valence-electron chi connectivity index (χ1n) is 7.56. The van der Waals surface area contributed by atoms with Gasteiger partial charge in [0.25, 0.3) is 0 Å². The predicted molar refractivity (Wildman–Crippen MR) is 99.1 cm³/mol. The van der Waals surface area contributed by atoms with Gasteiger partial charge >= 0.3 is 0 Å². The Bertz CT molecular complexity index is 705. The molecule has 2 aromatic rings. The molecule has 0 fully saturated rings. The highest BCUT2D eigenvalue weighted by Crippen LogP contribution is 2.26. The van der Waals surface area contributed by atoms with Gasteiger partial charge in [-0.1, -0.05) is 29.3 Å². The molecule has 24 heavy (non-hydrogen) atoms. The summed E-state index contributed by atoms with van der Waals surface area (Å²) >= 11 is 12.1. The number of ether oxygens (including phenoxy) is 1. The second-order valence-corrected chi connectivity index (χ2v) is 6.34. The number of rotatable bonds is 6. The van der Waals surface area contributed by atoms with Gasteiger partial charge < -0.3 is 10.1 Å². The van der Waals surface area contributed by atoms with Gasteiger partial charge in [-0.3, -0.25) is 10.1 Å². The molecule has 2 N–H and O–H groups in total. The Kier molecular flexibility index (Phi) is 6.49. The second kappa shape index (κ2) is 8.38. The Morgan fingerprint density at radius 1 is 1.08 bits per heavy atom. The molecular formula is C18H20Cl2N2O2. The van der Waals surface area contributed by atoms with Gasteiger partial charge in [0.1, 0.15) is 5.75 Å². The Balaban J connectivity index is 1.97. The van der Waals surface area contributed by atoms with Crippen LogP contribution >= 0.6 is 23.2 Å². The van der Waals surface area contributed by atoms with Gasteiger partial charge in [0.05, 0.1) is 13.2 Å². The topological polar surface area (TPSA) is 50.4 Å². The van der Waals surface area contributed by atoms with Crippen LogP contribution in [0.5, 0.6) is 5.75 Å².